The zero-order chi connectivity index (χ0) is 24.5. The molecule has 1 N–H and O–H groups in total. The van der Waals surface area contributed by atoms with Crippen molar-refractivity contribution in [3.63, 3.8) is 0 Å². The lowest BCUT2D eigenvalue weighted by Crippen LogP contribution is -2.71. The van der Waals surface area contributed by atoms with Crippen molar-refractivity contribution in [3.05, 3.63) is 59.9 Å². The first-order valence-corrected chi connectivity index (χ1v) is 13.0. The van der Waals surface area contributed by atoms with Crippen LogP contribution in [-0.2, 0) is 19.6 Å². The van der Waals surface area contributed by atoms with Crippen molar-refractivity contribution in [1.82, 2.24) is 9.62 Å². The molecule has 1 atom stereocenters. The summed E-state index contributed by atoms with van der Waals surface area (Å²) < 4.78 is 41.6. The van der Waals surface area contributed by atoms with Gasteiger partial charge in [0.2, 0.25) is 21.8 Å². The van der Waals surface area contributed by atoms with Crippen LogP contribution in [0.15, 0.2) is 53.4 Å². The number of hydrogen-bond acceptors (Lipinski definition) is 4. The minimum absolute atomic E-state index is 0.0227. The van der Waals surface area contributed by atoms with Crippen molar-refractivity contribution in [1.29, 1.82) is 0 Å². The number of rotatable bonds is 5. The van der Waals surface area contributed by atoms with Gasteiger partial charge in [-0.2, -0.15) is 4.31 Å². The average molecular weight is 488 g/mol. The number of benzene rings is 2. The second-order valence-electron chi connectivity index (χ2n) is 9.33. The van der Waals surface area contributed by atoms with Crippen molar-refractivity contribution in [2.45, 2.75) is 62.4 Å². The number of hydrogen-bond donors (Lipinski definition) is 1. The van der Waals surface area contributed by atoms with E-state index in [1.54, 1.807) is 32.0 Å². The quantitative estimate of drug-likeness (QED) is 0.701. The van der Waals surface area contributed by atoms with Gasteiger partial charge in [-0.15, -0.1) is 0 Å². The summed E-state index contributed by atoms with van der Waals surface area (Å²) in [6.45, 7) is 2.61. The van der Waals surface area contributed by atoms with E-state index >= 15 is 0 Å². The van der Waals surface area contributed by atoms with Gasteiger partial charge in [-0.1, -0.05) is 37.5 Å². The standard InChI is InChI=1S/C25H30FN3O4S/c1-18-15-19(26)13-14-22(18)29-23(30)16-28(34(32,33)21-11-7-4-8-12-21)17-25(29,2)24(31)27-20-9-5-3-6-10-20/h4,7-8,11-15,20H,3,5-6,9-10,16-17H2,1-2H3,(H,27,31)/t25-/m1/s1. The van der Waals surface area contributed by atoms with E-state index in [2.05, 4.69) is 5.32 Å². The molecule has 0 spiro atoms. The molecular formula is C25H30FN3O4S. The first kappa shape index (κ1) is 24.3. The van der Waals surface area contributed by atoms with Crippen LogP contribution in [0.4, 0.5) is 10.1 Å². The van der Waals surface area contributed by atoms with Crippen LogP contribution >= 0.6 is 0 Å². The van der Waals surface area contributed by atoms with Gasteiger partial charge in [0.1, 0.15) is 11.4 Å². The Balaban J connectivity index is 1.74. The highest BCUT2D eigenvalue weighted by Crippen LogP contribution is 2.34. The molecule has 0 unspecified atom stereocenters. The van der Waals surface area contributed by atoms with Crippen LogP contribution in [-0.4, -0.2) is 49.2 Å². The summed E-state index contributed by atoms with van der Waals surface area (Å²) in [7, 11) is -4.01. The largest absolute Gasteiger partial charge is 0.351 e. The molecule has 4 rings (SSSR count). The summed E-state index contributed by atoms with van der Waals surface area (Å²) in [6, 6.07) is 11.9. The van der Waals surface area contributed by atoms with Gasteiger partial charge in [-0.25, -0.2) is 12.8 Å². The van der Waals surface area contributed by atoms with E-state index < -0.39 is 39.7 Å². The van der Waals surface area contributed by atoms with Crippen molar-refractivity contribution >= 4 is 27.5 Å². The molecule has 2 aromatic carbocycles. The maximum absolute atomic E-state index is 13.8. The third kappa shape index (κ3) is 4.59. The minimum Gasteiger partial charge on any atom is -0.351 e. The Labute approximate surface area is 200 Å². The summed E-state index contributed by atoms with van der Waals surface area (Å²) >= 11 is 0. The van der Waals surface area contributed by atoms with Gasteiger partial charge in [-0.05, 0) is 62.6 Å². The molecule has 34 heavy (non-hydrogen) atoms. The highest BCUT2D eigenvalue weighted by atomic mass is 32.2. The lowest BCUT2D eigenvalue weighted by molar-refractivity contribution is -0.133. The number of carbonyl (C=O) groups is 2. The van der Waals surface area contributed by atoms with Crippen molar-refractivity contribution < 1.29 is 22.4 Å². The number of halogens is 1. The number of carbonyl (C=O) groups excluding carboxylic acids is 2. The molecule has 2 aliphatic rings. The van der Waals surface area contributed by atoms with Gasteiger partial charge in [0.25, 0.3) is 0 Å². The van der Waals surface area contributed by atoms with Gasteiger partial charge in [0.05, 0.1) is 11.4 Å². The Morgan fingerprint density at radius 2 is 1.76 bits per heavy atom. The Morgan fingerprint density at radius 3 is 2.41 bits per heavy atom. The topological polar surface area (TPSA) is 86.8 Å². The van der Waals surface area contributed by atoms with Crippen LogP contribution in [0.2, 0.25) is 0 Å². The van der Waals surface area contributed by atoms with Crippen LogP contribution in [0.5, 0.6) is 0 Å². The smallest absolute Gasteiger partial charge is 0.247 e. The van der Waals surface area contributed by atoms with E-state index in [1.165, 1.54) is 35.2 Å². The van der Waals surface area contributed by atoms with Crippen molar-refractivity contribution in [2.75, 3.05) is 18.0 Å². The molecular weight excluding hydrogens is 457 g/mol. The predicted octanol–water partition coefficient (Wildman–Crippen LogP) is 3.38. The fourth-order valence-electron chi connectivity index (χ4n) is 4.91. The molecule has 0 aromatic heterocycles. The molecule has 182 valence electrons. The van der Waals surface area contributed by atoms with Gasteiger partial charge in [0.15, 0.2) is 0 Å². The molecule has 2 fully saturated rings. The molecule has 2 amide bonds. The van der Waals surface area contributed by atoms with Crippen LogP contribution in [0.1, 0.15) is 44.6 Å². The molecule has 1 saturated heterocycles. The third-order valence-corrected chi connectivity index (χ3v) is 8.55. The molecule has 1 heterocycles. The van der Waals surface area contributed by atoms with E-state index in [0.717, 1.165) is 36.4 Å². The second-order valence-corrected chi connectivity index (χ2v) is 11.3. The monoisotopic (exact) mass is 487 g/mol. The second kappa shape index (κ2) is 9.46. The zero-order valence-corrected chi connectivity index (χ0v) is 20.3. The highest BCUT2D eigenvalue weighted by molar-refractivity contribution is 7.89. The van der Waals surface area contributed by atoms with Gasteiger partial charge < -0.3 is 5.32 Å². The molecule has 2 aromatic rings. The maximum atomic E-state index is 13.8. The SMILES string of the molecule is Cc1cc(F)ccc1N1C(=O)CN(S(=O)(=O)c2ccccc2)C[C@]1(C)C(=O)NC1CCCCC1. The van der Waals surface area contributed by atoms with E-state index in [4.69, 9.17) is 0 Å². The molecule has 1 aliphatic heterocycles. The van der Waals surface area contributed by atoms with E-state index in [0.29, 0.717) is 11.3 Å². The van der Waals surface area contributed by atoms with Crippen LogP contribution in [0, 0.1) is 12.7 Å². The normalized spacial score (nSPS) is 22.6. The Hall–Kier alpha value is -2.78. The number of anilines is 1. The zero-order valence-electron chi connectivity index (χ0n) is 19.5. The molecule has 1 saturated carbocycles. The summed E-state index contributed by atoms with van der Waals surface area (Å²) in [5.41, 5.74) is -0.633. The van der Waals surface area contributed by atoms with Crippen molar-refractivity contribution in [2.24, 2.45) is 0 Å². The summed E-state index contributed by atoms with van der Waals surface area (Å²) in [5.74, 6) is -1.40. The number of aryl methyl sites for hydroxylation is 1. The minimum atomic E-state index is -4.01. The lowest BCUT2D eigenvalue weighted by atomic mass is 9.91. The van der Waals surface area contributed by atoms with Crippen LogP contribution in [0.25, 0.3) is 0 Å². The number of nitrogens with zero attached hydrogens (tertiary/aromatic N) is 2. The Kier molecular flexibility index (Phi) is 6.78. The van der Waals surface area contributed by atoms with E-state index in [-0.39, 0.29) is 17.5 Å². The summed E-state index contributed by atoms with van der Waals surface area (Å²) in [6.07, 6.45) is 4.83. The third-order valence-electron chi connectivity index (χ3n) is 6.75. The van der Waals surface area contributed by atoms with E-state index in [1.807, 2.05) is 0 Å². The van der Waals surface area contributed by atoms with E-state index in [9.17, 15) is 22.4 Å². The van der Waals surface area contributed by atoms with Gasteiger partial charge in [-0.3, -0.25) is 14.5 Å². The Bertz CT molecular complexity index is 1180. The first-order valence-electron chi connectivity index (χ1n) is 11.6. The summed E-state index contributed by atoms with van der Waals surface area (Å²) in [4.78, 5) is 28.6. The molecule has 7 nitrogen and oxygen atoms in total. The van der Waals surface area contributed by atoms with Crippen LogP contribution in [0.3, 0.4) is 0 Å². The molecule has 9 heteroatoms. The highest BCUT2D eigenvalue weighted by Gasteiger charge is 2.51. The lowest BCUT2D eigenvalue weighted by Gasteiger charge is -2.47. The fraction of sp³-hybridized carbons (Fsp3) is 0.440. The predicted molar refractivity (Wildman–Crippen MR) is 127 cm³/mol. The molecule has 0 radical (unpaired) electrons. The average Bonchev–Trinajstić information content (AvgIpc) is 2.81. The fourth-order valence-corrected chi connectivity index (χ4v) is 6.41. The first-order chi connectivity index (χ1) is 16.1. The van der Waals surface area contributed by atoms with Gasteiger partial charge >= 0.3 is 0 Å². The van der Waals surface area contributed by atoms with Crippen LogP contribution < -0.4 is 10.2 Å². The number of piperazine rings is 1. The number of amides is 2. The number of sulfonamides is 1. The summed E-state index contributed by atoms with van der Waals surface area (Å²) in [5, 5.41) is 3.06. The number of nitrogens with one attached hydrogen (secondary N) is 1. The molecule has 1 aliphatic carbocycles. The molecule has 0 bridgehead atoms. The van der Waals surface area contributed by atoms with Gasteiger partial charge in [0, 0.05) is 18.3 Å². The maximum Gasteiger partial charge on any atom is 0.247 e. The van der Waals surface area contributed by atoms with Crippen molar-refractivity contribution in [3.8, 4) is 0 Å². The Morgan fingerprint density at radius 1 is 1.09 bits per heavy atom.